The maximum atomic E-state index is 4.89. The van der Waals surface area contributed by atoms with E-state index in [0.29, 0.717) is 5.92 Å². The summed E-state index contributed by atoms with van der Waals surface area (Å²) in [6.45, 7) is 4.43. The first-order chi connectivity index (χ1) is 7.88. The molecule has 1 aliphatic carbocycles. The van der Waals surface area contributed by atoms with E-state index in [1.807, 2.05) is 0 Å². The topological polar surface area (TPSA) is 40.7 Å². The Bertz CT molecular complexity index is 359. The molecule has 1 aliphatic heterocycles. The summed E-state index contributed by atoms with van der Waals surface area (Å²) >= 11 is 0. The zero-order chi connectivity index (χ0) is 11.0. The van der Waals surface area contributed by atoms with E-state index in [1.165, 1.54) is 42.9 Å². The number of H-pyrrole nitrogens is 1. The van der Waals surface area contributed by atoms with Gasteiger partial charge in [-0.25, -0.2) is 4.98 Å². The molecule has 2 fully saturated rings. The smallest absolute Gasteiger partial charge is 0.112 e. The van der Waals surface area contributed by atoms with Crippen LogP contribution in [0.1, 0.15) is 61.7 Å². The Morgan fingerprint density at radius 2 is 1.94 bits per heavy atom. The van der Waals surface area contributed by atoms with Crippen LogP contribution in [0.25, 0.3) is 0 Å². The van der Waals surface area contributed by atoms with Crippen molar-refractivity contribution in [1.82, 2.24) is 15.3 Å². The summed E-state index contributed by atoms with van der Waals surface area (Å²) in [5.74, 6) is 2.62. The van der Waals surface area contributed by atoms with Crippen LogP contribution in [-0.4, -0.2) is 23.1 Å². The molecule has 1 aromatic heterocycles. The molecule has 2 N–H and O–H groups in total. The van der Waals surface area contributed by atoms with Crippen molar-refractivity contribution in [2.24, 2.45) is 0 Å². The molecule has 0 atom stereocenters. The van der Waals surface area contributed by atoms with E-state index in [9.17, 15) is 0 Å². The lowest BCUT2D eigenvalue weighted by Gasteiger charge is -2.24. The minimum Gasteiger partial charge on any atom is -0.345 e. The van der Waals surface area contributed by atoms with Gasteiger partial charge in [-0.15, -0.1) is 0 Å². The monoisotopic (exact) mass is 219 g/mol. The highest BCUT2D eigenvalue weighted by Crippen LogP contribution is 2.35. The molecule has 0 unspecified atom stereocenters. The molecular weight excluding hydrogens is 198 g/mol. The second kappa shape index (κ2) is 4.21. The molecule has 3 nitrogen and oxygen atoms in total. The van der Waals surface area contributed by atoms with Gasteiger partial charge < -0.3 is 10.3 Å². The number of rotatable bonds is 3. The summed E-state index contributed by atoms with van der Waals surface area (Å²) in [6, 6.07) is 0. The molecule has 1 aromatic rings. The lowest BCUT2D eigenvalue weighted by atomic mass is 10.0. The van der Waals surface area contributed by atoms with Gasteiger partial charge in [-0.3, -0.25) is 0 Å². The number of nitrogens with one attached hydrogen (secondary N) is 2. The minimum absolute atomic E-state index is 0.639. The molecule has 2 heterocycles. The minimum atomic E-state index is 0.639. The van der Waals surface area contributed by atoms with Gasteiger partial charge in [-0.2, -0.15) is 0 Å². The quantitative estimate of drug-likeness (QED) is 0.819. The van der Waals surface area contributed by atoms with Crippen LogP contribution in [0.5, 0.6) is 0 Å². The predicted octanol–water partition coefficient (Wildman–Crippen LogP) is 2.32. The van der Waals surface area contributed by atoms with Crippen LogP contribution < -0.4 is 5.32 Å². The highest BCUT2D eigenvalue weighted by Gasteiger charge is 2.27. The van der Waals surface area contributed by atoms with E-state index in [2.05, 4.69) is 17.2 Å². The maximum Gasteiger partial charge on any atom is 0.112 e. The lowest BCUT2D eigenvalue weighted by Crippen LogP contribution is -2.40. The van der Waals surface area contributed by atoms with Gasteiger partial charge in [-0.1, -0.05) is 19.8 Å². The standard InChI is InChI=1S/C13H21N3/c1-2-11-12(9-5-3-4-6-9)16-13(15-11)10-7-14-8-10/h9-10,14H,2-8H2,1H3,(H,15,16). The Balaban J connectivity index is 1.86. The lowest BCUT2D eigenvalue weighted by molar-refractivity contribution is 0.431. The van der Waals surface area contributed by atoms with Gasteiger partial charge in [-0.05, 0) is 19.3 Å². The number of imidazole rings is 1. The van der Waals surface area contributed by atoms with Gasteiger partial charge in [0.25, 0.3) is 0 Å². The SMILES string of the molecule is CCc1[nH]c(C2CNC2)nc1C1CCCC1. The van der Waals surface area contributed by atoms with Crippen LogP contribution >= 0.6 is 0 Å². The Morgan fingerprint density at radius 1 is 1.19 bits per heavy atom. The summed E-state index contributed by atoms with van der Waals surface area (Å²) in [5.41, 5.74) is 2.79. The van der Waals surface area contributed by atoms with E-state index in [-0.39, 0.29) is 0 Å². The summed E-state index contributed by atoms with van der Waals surface area (Å²) in [7, 11) is 0. The molecule has 1 saturated carbocycles. The zero-order valence-electron chi connectivity index (χ0n) is 10.1. The van der Waals surface area contributed by atoms with Crippen molar-refractivity contribution in [1.29, 1.82) is 0 Å². The van der Waals surface area contributed by atoms with Gasteiger partial charge in [0.15, 0.2) is 0 Å². The van der Waals surface area contributed by atoms with Crippen LogP contribution in [0.4, 0.5) is 0 Å². The Labute approximate surface area is 97.0 Å². The number of hydrogen-bond acceptors (Lipinski definition) is 2. The fraction of sp³-hybridized carbons (Fsp3) is 0.769. The Morgan fingerprint density at radius 3 is 2.50 bits per heavy atom. The van der Waals surface area contributed by atoms with Gasteiger partial charge in [0.1, 0.15) is 5.82 Å². The largest absolute Gasteiger partial charge is 0.345 e. The third kappa shape index (κ3) is 1.67. The van der Waals surface area contributed by atoms with Crippen molar-refractivity contribution in [2.75, 3.05) is 13.1 Å². The second-order valence-corrected chi connectivity index (χ2v) is 5.18. The fourth-order valence-electron chi connectivity index (χ4n) is 2.93. The first-order valence-corrected chi connectivity index (χ1v) is 6.68. The van der Waals surface area contributed by atoms with Crippen molar-refractivity contribution >= 4 is 0 Å². The molecule has 3 rings (SSSR count). The number of aromatic amines is 1. The first kappa shape index (κ1) is 10.3. The van der Waals surface area contributed by atoms with Crippen LogP contribution in [-0.2, 0) is 6.42 Å². The Hall–Kier alpha value is -0.830. The van der Waals surface area contributed by atoms with Gasteiger partial charge in [0, 0.05) is 30.6 Å². The number of aromatic nitrogens is 2. The number of hydrogen-bond donors (Lipinski definition) is 2. The van der Waals surface area contributed by atoms with Crippen LogP contribution in [0.15, 0.2) is 0 Å². The van der Waals surface area contributed by atoms with Crippen molar-refractivity contribution in [3.8, 4) is 0 Å². The normalized spacial score (nSPS) is 22.6. The molecule has 2 aliphatic rings. The number of nitrogens with zero attached hydrogens (tertiary/aromatic N) is 1. The average molecular weight is 219 g/mol. The summed E-state index contributed by atoms with van der Waals surface area (Å²) < 4.78 is 0. The molecule has 1 saturated heterocycles. The van der Waals surface area contributed by atoms with Gasteiger partial charge >= 0.3 is 0 Å². The van der Waals surface area contributed by atoms with E-state index in [0.717, 1.165) is 25.4 Å². The van der Waals surface area contributed by atoms with E-state index >= 15 is 0 Å². The van der Waals surface area contributed by atoms with Crippen molar-refractivity contribution in [3.63, 3.8) is 0 Å². The molecule has 16 heavy (non-hydrogen) atoms. The molecule has 0 bridgehead atoms. The Kier molecular flexibility index (Phi) is 2.72. The molecule has 0 spiro atoms. The predicted molar refractivity (Wildman–Crippen MR) is 64.8 cm³/mol. The van der Waals surface area contributed by atoms with Gasteiger partial charge in [0.2, 0.25) is 0 Å². The highest BCUT2D eigenvalue weighted by atomic mass is 15.0. The number of aryl methyl sites for hydroxylation is 1. The van der Waals surface area contributed by atoms with Crippen LogP contribution in [0.3, 0.4) is 0 Å². The third-order valence-electron chi connectivity index (χ3n) is 4.09. The molecule has 3 heteroatoms. The van der Waals surface area contributed by atoms with Crippen molar-refractivity contribution in [2.45, 2.75) is 50.9 Å². The van der Waals surface area contributed by atoms with Crippen molar-refractivity contribution in [3.05, 3.63) is 17.2 Å². The maximum absolute atomic E-state index is 4.89. The molecule has 0 amide bonds. The molecular formula is C13H21N3. The summed E-state index contributed by atoms with van der Waals surface area (Å²) in [4.78, 5) is 8.45. The molecule has 0 aromatic carbocycles. The van der Waals surface area contributed by atoms with Crippen LogP contribution in [0, 0.1) is 0 Å². The summed E-state index contributed by atoms with van der Waals surface area (Å²) in [6.07, 6.45) is 6.57. The zero-order valence-corrected chi connectivity index (χ0v) is 10.1. The van der Waals surface area contributed by atoms with E-state index in [1.54, 1.807) is 0 Å². The average Bonchev–Trinajstić information content (AvgIpc) is 2.80. The van der Waals surface area contributed by atoms with Gasteiger partial charge in [0.05, 0.1) is 5.69 Å². The third-order valence-corrected chi connectivity index (χ3v) is 4.09. The molecule has 0 radical (unpaired) electrons. The van der Waals surface area contributed by atoms with Crippen LogP contribution in [0.2, 0.25) is 0 Å². The fourth-order valence-corrected chi connectivity index (χ4v) is 2.93. The summed E-state index contributed by atoms with van der Waals surface area (Å²) in [5, 5.41) is 3.32. The first-order valence-electron chi connectivity index (χ1n) is 6.68. The van der Waals surface area contributed by atoms with Crippen molar-refractivity contribution < 1.29 is 0 Å². The van der Waals surface area contributed by atoms with E-state index < -0.39 is 0 Å². The molecule has 88 valence electrons. The second-order valence-electron chi connectivity index (χ2n) is 5.18. The van der Waals surface area contributed by atoms with E-state index in [4.69, 9.17) is 4.98 Å². The highest BCUT2D eigenvalue weighted by molar-refractivity contribution is 5.23.